The van der Waals surface area contributed by atoms with Gasteiger partial charge < -0.3 is 10.1 Å². The van der Waals surface area contributed by atoms with Gasteiger partial charge in [0.05, 0.1) is 12.2 Å². The van der Waals surface area contributed by atoms with Crippen LogP contribution in [-0.2, 0) is 11.2 Å². The summed E-state index contributed by atoms with van der Waals surface area (Å²) in [4.78, 5) is 1.47. The molecule has 2 rings (SSSR count). The average Bonchev–Trinajstić information content (AvgIpc) is 2.67. The van der Waals surface area contributed by atoms with Crippen molar-refractivity contribution >= 4 is 11.3 Å². The summed E-state index contributed by atoms with van der Waals surface area (Å²) in [6, 6.07) is 5.52. The zero-order valence-corrected chi connectivity index (χ0v) is 11.8. The van der Waals surface area contributed by atoms with Gasteiger partial charge in [-0.25, -0.2) is 0 Å². The Balaban J connectivity index is 1.79. The molecule has 0 aromatic carbocycles. The van der Waals surface area contributed by atoms with Crippen LogP contribution in [0.25, 0.3) is 0 Å². The Bertz CT molecular complexity index is 315. The normalized spacial score (nSPS) is 31.4. The second-order valence-corrected chi connectivity index (χ2v) is 6.31. The molecule has 17 heavy (non-hydrogen) atoms. The van der Waals surface area contributed by atoms with E-state index in [4.69, 9.17) is 4.74 Å². The summed E-state index contributed by atoms with van der Waals surface area (Å²) in [5.74, 6) is 0. The Morgan fingerprint density at radius 3 is 2.71 bits per heavy atom. The monoisotopic (exact) mass is 253 g/mol. The third-order valence-corrected chi connectivity index (χ3v) is 4.20. The Morgan fingerprint density at radius 1 is 1.41 bits per heavy atom. The molecule has 1 aromatic rings. The summed E-state index contributed by atoms with van der Waals surface area (Å²) in [6.45, 7) is 6.63. The predicted molar refractivity (Wildman–Crippen MR) is 73.7 cm³/mol. The highest BCUT2D eigenvalue weighted by atomic mass is 32.1. The first kappa shape index (κ1) is 13.1. The van der Waals surface area contributed by atoms with Crippen LogP contribution in [0.1, 0.15) is 38.5 Å². The van der Waals surface area contributed by atoms with Gasteiger partial charge in [-0.05, 0) is 51.5 Å². The van der Waals surface area contributed by atoms with Gasteiger partial charge in [-0.3, -0.25) is 0 Å². The van der Waals surface area contributed by atoms with Crippen LogP contribution in [0.4, 0.5) is 0 Å². The molecule has 0 aliphatic carbocycles. The fourth-order valence-corrected chi connectivity index (χ4v) is 3.57. The van der Waals surface area contributed by atoms with Crippen LogP contribution in [-0.4, -0.2) is 24.3 Å². The van der Waals surface area contributed by atoms with Crippen LogP contribution in [0.5, 0.6) is 0 Å². The number of nitrogens with one attached hydrogen (secondary N) is 1. The molecule has 2 nitrogen and oxygen atoms in total. The van der Waals surface area contributed by atoms with Gasteiger partial charge in [0, 0.05) is 17.0 Å². The number of rotatable bonds is 4. The third kappa shape index (κ3) is 4.09. The molecule has 1 saturated heterocycles. The van der Waals surface area contributed by atoms with E-state index >= 15 is 0 Å². The first-order chi connectivity index (χ1) is 8.13. The van der Waals surface area contributed by atoms with Crippen molar-refractivity contribution in [2.24, 2.45) is 0 Å². The lowest BCUT2D eigenvalue weighted by molar-refractivity contribution is -0.0432. The highest BCUT2D eigenvalue weighted by Crippen LogP contribution is 2.20. The average molecular weight is 253 g/mol. The van der Waals surface area contributed by atoms with Gasteiger partial charge in [0.1, 0.15) is 0 Å². The molecule has 2 heterocycles. The molecule has 3 unspecified atom stereocenters. The van der Waals surface area contributed by atoms with E-state index in [1.54, 1.807) is 0 Å². The molecule has 0 spiro atoms. The van der Waals surface area contributed by atoms with Gasteiger partial charge in [-0.2, -0.15) is 0 Å². The molecule has 1 fully saturated rings. The standard InChI is InChI=1S/C14H23NOS/c1-10(7-14-5-4-6-17-14)15-13-8-11(2)16-12(3)9-13/h4-6,10-13,15H,7-9H2,1-3H3. The van der Waals surface area contributed by atoms with Crippen LogP contribution in [0, 0.1) is 0 Å². The molecule has 1 aliphatic heterocycles. The van der Waals surface area contributed by atoms with E-state index in [2.05, 4.69) is 43.6 Å². The van der Waals surface area contributed by atoms with E-state index in [9.17, 15) is 0 Å². The molecular weight excluding hydrogens is 230 g/mol. The van der Waals surface area contributed by atoms with Crippen LogP contribution in [0.15, 0.2) is 17.5 Å². The van der Waals surface area contributed by atoms with Crippen molar-refractivity contribution in [3.8, 4) is 0 Å². The van der Waals surface area contributed by atoms with E-state index in [0.29, 0.717) is 24.3 Å². The van der Waals surface area contributed by atoms with Crippen molar-refractivity contribution < 1.29 is 4.74 Å². The van der Waals surface area contributed by atoms with Crippen LogP contribution >= 0.6 is 11.3 Å². The number of ether oxygens (including phenoxy) is 1. The molecule has 3 atom stereocenters. The van der Waals surface area contributed by atoms with Crippen LogP contribution < -0.4 is 5.32 Å². The fraction of sp³-hybridized carbons (Fsp3) is 0.714. The molecule has 0 radical (unpaired) electrons. The van der Waals surface area contributed by atoms with Gasteiger partial charge >= 0.3 is 0 Å². The Hall–Kier alpha value is -0.380. The maximum Gasteiger partial charge on any atom is 0.0565 e. The quantitative estimate of drug-likeness (QED) is 0.889. The van der Waals surface area contributed by atoms with Crippen molar-refractivity contribution in [1.29, 1.82) is 0 Å². The van der Waals surface area contributed by atoms with E-state index in [1.807, 2.05) is 11.3 Å². The van der Waals surface area contributed by atoms with Crippen LogP contribution in [0.3, 0.4) is 0 Å². The Labute approximate surface area is 108 Å². The molecule has 0 amide bonds. The Kier molecular flexibility index (Phi) is 4.60. The maximum atomic E-state index is 5.77. The molecule has 0 saturated carbocycles. The van der Waals surface area contributed by atoms with E-state index in [0.717, 1.165) is 19.3 Å². The zero-order valence-electron chi connectivity index (χ0n) is 11.0. The predicted octanol–water partition coefficient (Wildman–Crippen LogP) is 3.22. The highest BCUT2D eigenvalue weighted by Gasteiger charge is 2.25. The SMILES string of the molecule is CC(Cc1cccs1)NC1CC(C)OC(C)C1. The summed E-state index contributed by atoms with van der Waals surface area (Å²) < 4.78 is 5.77. The molecular formula is C14H23NOS. The third-order valence-electron chi connectivity index (χ3n) is 3.31. The first-order valence-electron chi connectivity index (χ1n) is 6.57. The summed E-state index contributed by atoms with van der Waals surface area (Å²) in [6.07, 6.45) is 4.20. The van der Waals surface area contributed by atoms with Gasteiger partial charge in [0.2, 0.25) is 0 Å². The zero-order chi connectivity index (χ0) is 12.3. The highest BCUT2D eigenvalue weighted by molar-refractivity contribution is 7.09. The smallest absolute Gasteiger partial charge is 0.0565 e. The molecule has 1 aromatic heterocycles. The fourth-order valence-electron chi connectivity index (χ4n) is 2.73. The lowest BCUT2D eigenvalue weighted by Gasteiger charge is -2.34. The lowest BCUT2D eigenvalue weighted by Crippen LogP contribution is -2.45. The van der Waals surface area contributed by atoms with E-state index < -0.39 is 0 Å². The van der Waals surface area contributed by atoms with E-state index in [-0.39, 0.29) is 0 Å². The number of thiophene rings is 1. The van der Waals surface area contributed by atoms with Crippen molar-refractivity contribution in [1.82, 2.24) is 5.32 Å². The molecule has 3 heteroatoms. The van der Waals surface area contributed by atoms with Gasteiger partial charge in [0.25, 0.3) is 0 Å². The summed E-state index contributed by atoms with van der Waals surface area (Å²) >= 11 is 1.85. The Morgan fingerprint density at radius 2 is 2.12 bits per heavy atom. The summed E-state index contributed by atoms with van der Waals surface area (Å²) in [7, 11) is 0. The van der Waals surface area contributed by atoms with E-state index in [1.165, 1.54) is 4.88 Å². The molecule has 1 aliphatic rings. The van der Waals surface area contributed by atoms with Gasteiger partial charge in [-0.15, -0.1) is 11.3 Å². The minimum atomic E-state index is 0.394. The van der Waals surface area contributed by atoms with Crippen molar-refractivity contribution in [3.05, 3.63) is 22.4 Å². The van der Waals surface area contributed by atoms with Crippen molar-refractivity contribution in [2.75, 3.05) is 0 Å². The first-order valence-corrected chi connectivity index (χ1v) is 7.45. The minimum Gasteiger partial charge on any atom is -0.375 e. The van der Waals surface area contributed by atoms with Crippen molar-refractivity contribution in [2.45, 2.75) is 64.3 Å². The number of hydrogen-bond acceptors (Lipinski definition) is 3. The maximum absolute atomic E-state index is 5.77. The molecule has 0 bridgehead atoms. The van der Waals surface area contributed by atoms with Crippen LogP contribution in [0.2, 0.25) is 0 Å². The second kappa shape index (κ2) is 5.98. The number of hydrogen-bond donors (Lipinski definition) is 1. The largest absolute Gasteiger partial charge is 0.375 e. The lowest BCUT2D eigenvalue weighted by atomic mass is 9.98. The summed E-state index contributed by atoms with van der Waals surface area (Å²) in [5, 5.41) is 5.90. The molecule has 96 valence electrons. The summed E-state index contributed by atoms with van der Waals surface area (Å²) in [5.41, 5.74) is 0. The van der Waals surface area contributed by atoms with Gasteiger partial charge in [-0.1, -0.05) is 6.07 Å². The molecule has 1 N–H and O–H groups in total. The topological polar surface area (TPSA) is 21.3 Å². The second-order valence-electron chi connectivity index (χ2n) is 5.28. The van der Waals surface area contributed by atoms with Crippen molar-refractivity contribution in [3.63, 3.8) is 0 Å². The minimum absolute atomic E-state index is 0.394. The van der Waals surface area contributed by atoms with Gasteiger partial charge in [0.15, 0.2) is 0 Å².